The van der Waals surface area contributed by atoms with Gasteiger partial charge < -0.3 is 19.9 Å². The average molecular weight is 449 g/mol. The molecule has 0 spiro atoms. The molecule has 0 radical (unpaired) electrons. The molecule has 2 N–H and O–H groups in total. The Kier molecular flexibility index (Phi) is 6.03. The highest BCUT2D eigenvalue weighted by molar-refractivity contribution is 6.30. The maximum absolute atomic E-state index is 12.6. The van der Waals surface area contributed by atoms with E-state index in [0.29, 0.717) is 40.8 Å². The predicted molar refractivity (Wildman–Crippen MR) is 110 cm³/mol. The van der Waals surface area contributed by atoms with Gasteiger partial charge in [0.1, 0.15) is 11.3 Å². The average Bonchev–Trinajstić information content (AvgIpc) is 3.40. The lowest BCUT2D eigenvalue weighted by Gasteiger charge is -2.26. The Balaban J connectivity index is 1.50. The van der Waals surface area contributed by atoms with Crippen molar-refractivity contribution in [2.75, 3.05) is 5.32 Å². The van der Waals surface area contributed by atoms with E-state index >= 15 is 0 Å². The van der Waals surface area contributed by atoms with Gasteiger partial charge in [-0.05, 0) is 61.4 Å². The molecular formula is C21H19ClF2N4O3. The van der Waals surface area contributed by atoms with Crippen LogP contribution in [0.1, 0.15) is 31.6 Å². The second-order valence-electron chi connectivity index (χ2n) is 7.20. The van der Waals surface area contributed by atoms with Gasteiger partial charge in [-0.15, -0.1) is 0 Å². The van der Waals surface area contributed by atoms with Gasteiger partial charge in [0.05, 0.1) is 0 Å². The van der Waals surface area contributed by atoms with Crippen LogP contribution in [0.3, 0.4) is 0 Å². The summed E-state index contributed by atoms with van der Waals surface area (Å²) in [5, 5.41) is 10.3. The summed E-state index contributed by atoms with van der Waals surface area (Å²) < 4.78 is 34.5. The van der Waals surface area contributed by atoms with E-state index in [4.69, 9.17) is 16.1 Å². The van der Waals surface area contributed by atoms with Gasteiger partial charge in [0, 0.05) is 16.3 Å². The summed E-state index contributed by atoms with van der Waals surface area (Å²) in [7, 11) is 0. The Labute approximate surface area is 181 Å². The highest BCUT2D eigenvalue weighted by Crippen LogP contribution is 2.38. The highest BCUT2D eigenvalue weighted by atomic mass is 35.5. The second kappa shape index (κ2) is 8.89. The molecule has 2 amide bonds. The normalized spacial score (nSPS) is 15.1. The number of rotatable bonds is 6. The largest absolute Gasteiger partial charge is 0.435 e. The van der Waals surface area contributed by atoms with Gasteiger partial charge in [-0.2, -0.15) is 13.8 Å². The zero-order valence-electron chi connectivity index (χ0n) is 16.3. The number of benzene rings is 2. The van der Waals surface area contributed by atoms with E-state index in [2.05, 4.69) is 25.5 Å². The van der Waals surface area contributed by atoms with Crippen LogP contribution in [0.2, 0.25) is 5.02 Å². The number of carbonyl (C=O) groups excluding carboxylic acids is 1. The molecule has 0 unspecified atom stereocenters. The molecule has 0 bridgehead atoms. The van der Waals surface area contributed by atoms with Crippen LogP contribution >= 0.6 is 11.6 Å². The van der Waals surface area contributed by atoms with Gasteiger partial charge >= 0.3 is 12.6 Å². The zero-order chi connectivity index (χ0) is 21.8. The molecule has 1 fully saturated rings. The number of urea groups is 1. The third kappa shape index (κ3) is 4.93. The number of aromatic nitrogens is 2. The fourth-order valence-electron chi connectivity index (χ4n) is 3.60. The first kappa shape index (κ1) is 21.0. The quantitative estimate of drug-likeness (QED) is 0.513. The fourth-order valence-corrected chi connectivity index (χ4v) is 3.73. The first-order valence-electron chi connectivity index (χ1n) is 9.68. The van der Waals surface area contributed by atoms with Crippen LogP contribution in [-0.2, 0) is 5.54 Å². The molecular weight excluding hydrogens is 430 g/mol. The van der Waals surface area contributed by atoms with Crippen LogP contribution in [0.5, 0.6) is 5.75 Å². The van der Waals surface area contributed by atoms with Crippen LogP contribution in [0.4, 0.5) is 19.3 Å². The minimum Gasteiger partial charge on any atom is -0.435 e. The summed E-state index contributed by atoms with van der Waals surface area (Å²) in [4.78, 5) is 17.1. The predicted octanol–water partition coefficient (Wildman–Crippen LogP) is 5.58. The van der Waals surface area contributed by atoms with Crippen LogP contribution in [-0.4, -0.2) is 22.8 Å². The molecule has 1 aliphatic carbocycles. The van der Waals surface area contributed by atoms with Crippen LogP contribution in [0.15, 0.2) is 53.1 Å². The molecule has 1 saturated carbocycles. The van der Waals surface area contributed by atoms with Crippen molar-refractivity contribution in [3.63, 3.8) is 0 Å². The van der Waals surface area contributed by atoms with Crippen LogP contribution < -0.4 is 15.4 Å². The molecule has 0 atom stereocenters. The minimum atomic E-state index is -2.89. The lowest BCUT2D eigenvalue weighted by atomic mass is 9.97. The van der Waals surface area contributed by atoms with Crippen molar-refractivity contribution in [3.05, 3.63) is 59.4 Å². The number of hydrogen-bond acceptors (Lipinski definition) is 5. The van der Waals surface area contributed by atoms with E-state index in [1.807, 2.05) is 0 Å². The van der Waals surface area contributed by atoms with E-state index < -0.39 is 18.2 Å². The maximum Gasteiger partial charge on any atom is 0.387 e. The lowest BCUT2D eigenvalue weighted by Crippen LogP contribution is -2.46. The van der Waals surface area contributed by atoms with Crippen molar-refractivity contribution in [2.45, 2.75) is 37.8 Å². The molecule has 0 aliphatic heterocycles. The van der Waals surface area contributed by atoms with E-state index in [0.717, 1.165) is 12.8 Å². The van der Waals surface area contributed by atoms with Gasteiger partial charge in [-0.25, -0.2) is 4.79 Å². The molecule has 162 valence electrons. The van der Waals surface area contributed by atoms with Gasteiger partial charge in [-0.1, -0.05) is 29.6 Å². The van der Waals surface area contributed by atoms with Crippen molar-refractivity contribution in [2.24, 2.45) is 0 Å². The number of nitrogens with one attached hydrogen (secondary N) is 2. The number of amides is 2. The van der Waals surface area contributed by atoms with Crippen molar-refractivity contribution in [1.82, 2.24) is 15.5 Å². The highest BCUT2D eigenvalue weighted by Gasteiger charge is 2.42. The topological polar surface area (TPSA) is 89.3 Å². The molecule has 10 heteroatoms. The lowest BCUT2D eigenvalue weighted by molar-refractivity contribution is -0.0498. The SMILES string of the molecule is O=C(Nc1ccc(Cl)cc1)NC1(c2nc(-c3ccc(OC(F)F)cc3)no2)CCCC1. The number of alkyl halides is 2. The number of hydrogen-bond donors (Lipinski definition) is 2. The standard InChI is InChI=1S/C21H19ClF2N4O3/c22-14-5-7-15(8-6-14)25-20(29)27-21(11-1-2-12-21)18-26-17(28-31-18)13-3-9-16(10-4-13)30-19(23)24/h3-10,19H,1-2,11-12H2,(H2,25,27,29). The smallest absolute Gasteiger partial charge is 0.387 e. The van der Waals surface area contributed by atoms with Gasteiger partial charge in [0.15, 0.2) is 0 Å². The minimum absolute atomic E-state index is 0.0373. The number of carbonyl (C=O) groups is 1. The third-order valence-corrected chi connectivity index (χ3v) is 5.34. The first-order chi connectivity index (χ1) is 14.9. The Morgan fingerprint density at radius 3 is 2.42 bits per heavy atom. The summed E-state index contributed by atoms with van der Waals surface area (Å²) >= 11 is 5.88. The van der Waals surface area contributed by atoms with E-state index in [-0.39, 0.29) is 5.75 Å². The van der Waals surface area contributed by atoms with Crippen molar-refractivity contribution >= 4 is 23.3 Å². The van der Waals surface area contributed by atoms with E-state index in [9.17, 15) is 13.6 Å². The van der Waals surface area contributed by atoms with Crippen molar-refractivity contribution in [3.8, 4) is 17.1 Å². The summed E-state index contributed by atoms with van der Waals surface area (Å²) in [6.45, 7) is -2.89. The van der Waals surface area contributed by atoms with Gasteiger partial charge in [0.2, 0.25) is 5.82 Å². The number of anilines is 1. The Morgan fingerprint density at radius 1 is 1.10 bits per heavy atom. The second-order valence-corrected chi connectivity index (χ2v) is 7.64. The number of ether oxygens (including phenoxy) is 1. The molecule has 7 nitrogen and oxygen atoms in total. The van der Waals surface area contributed by atoms with E-state index in [1.165, 1.54) is 12.1 Å². The van der Waals surface area contributed by atoms with Gasteiger partial charge in [-0.3, -0.25) is 0 Å². The maximum atomic E-state index is 12.6. The summed E-state index contributed by atoms with van der Waals surface area (Å²) in [5.74, 6) is 0.638. The van der Waals surface area contributed by atoms with Crippen LogP contribution in [0.25, 0.3) is 11.4 Å². The number of nitrogens with zero attached hydrogens (tertiary/aromatic N) is 2. The molecule has 4 rings (SSSR count). The summed E-state index contributed by atoms with van der Waals surface area (Å²) in [6, 6.07) is 12.3. The van der Waals surface area contributed by atoms with Crippen molar-refractivity contribution < 1.29 is 22.8 Å². The Hall–Kier alpha value is -3.20. The third-order valence-electron chi connectivity index (χ3n) is 5.09. The molecule has 1 aliphatic rings. The molecule has 2 aromatic carbocycles. The molecule has 3 aromatic rings. The van der Waals surface area contributed by atoms with E-state index in [1.54, 1.807) is 36.4 Å². The number of halogens is 3. The monoisotopic (exact) mass is 448 g/mol. The summed E-state index contributed by atoms with van der Waals surface area (Å²) in [6.07, 6.45) is 3.12. The first-order valence-corrected chi connectivity index (χ1v) is 10.1. The molecule has 31 heavy (non-hydrogen) atoms. The fraction of sp³-hybridized carbons (Fsp3) is 0.286. The molecule has 1 aromatic heterocycles. The van der Waals surface area contributed by atoms with Crippen molar-refractivity contribution in [1.29, 1.82) is 0 Å². The van der Waals surface area contributed by atoms with Gasteiger partial charge in [0.25, 0.3) is 5.89 Å². The Morgan fingerprint density at radius 2 is 1.77 bits per heavy atom. The Bertz CT molecular complexity index is 1040. The van der Waals surface area contributed by atoms with Crippen LogP contribution in [0, 0.1) is 0 Å². The molecule has 0 saturated heterocycles. The zero-order valence-corrected chi connectivity index (χ0v) is 17.0. The summed E-state index contributed by atoms with van der Waals surface area (Å²) in [5.41, 5.74) is 0.406. The molecule has 1 heterocycles.